The molecule has 0 saturated heterocycles. The van der Waals surface area contributed by atoms with Gasteiger partial charge in [-0.25, -0.2) is 14.8 Å². The fourth-order valence-electron chi connectivity index (χ4n) is 4.24. The molecule has 0 aliphatic carbocycles. The first kappa shape index (κ1) is 26.2. The van der Waals surface area contributed by atoms with Crippen LogP contribution in [0, 0.1) is 18.4 Å². The highest BCUT2D eigenvalue weighted by molar-refractivity contribution is 5.87. The van der Waals surface area contributed by atoms with Crippen LogP contribution in [-0.4, -0.2) is 47.8 Å². The predicted molar refractivity (Wildman–Crippen MR) is 147 cm³/mol. The summed E-state index contributed by atoms with van der Waals surface area (Å²) in [6.07, 6.45) is 1.96. The van der Waals surface area contributed by atoms with E-state index in [0.29, 0.717) is 18.3 Å². The van der Waals surface area contributed by atoms with Gasteiger partial charge in [-0.05, 0) is 41.8 Å². The van der Waals surface area contributed by atoms with Crippen LogP contribution in [-0.2, 0) is 17.7 Å². The molecule has 4 rings (SSSR count). The van der Waals surface area contributed by atoms with Crippen molar-refractivity contribution in [1.82, 2.24) is 19.8 Å². The Morgan fingerprint density at radius 2 is 1.89 bits per heavy atom. The second-order valence-corrected chi connectivity index (χ2v) is 8.91. The van der Waals surface area contributed by atoms with E-state index in [1.54, 1.807) is 11.0 Å². The van der Waals surface area contributed by atoms with Crippen molar-refractivity contribution >= 4 is 28.8 Å². The van der Waals surface area contributed by atoms with Gasteiger partial charge >= 0.3 is 6.16 Å². The third-order valence-electron chi connectivity index (χ3n) is 6.10. The van der Waals surface area contributed by atoms with E-state index in [9.17, 15) is 4.79 Å². The third kappa shape index (κ3) is 5.60. The SMILES string of the molecule is CCc1nc2c(C)cc(N=C(NC#N)N(C)C)cc2n1Cc1ccc(-c2ccccc2OC(=O)OC)cc1. The predicted octanol–water partition coefficient (Wildman–Crippen LogP) is 5.39. The van der Waals surface area contributed by atoms with Gasteiger partial charge in [-0.3, -0.25) is 5.32 Å². The van der Waals surface area contributed by atoms with Crippen molar-refractivity contribution < 1.29 is 14.3 Å². The molecule has 4 aromatic rings. The Labute approximate surface area is 222 Å². The van der Waals surface area contributed by atoms with Gasteiger partial charge in [-0.1, -0.05) is 49.4 Å². The fraction of sp³-hybridized carbons (Fsp3) is 0.241. The van der Waals surface area contributed by atoms with Crippen LogP contribution in [0.2, 0.25) is 0 Å². The zero-order chi connectivity index (χ0) is 27.2. The Bertz CT molecular complexity index is 1530. The first-order valence-corrected chi connectivity index (χ1v) is 12.2. The lowest BCUT2D eigenvalue weighted by atomic mass is 10.0. The lowest BCUT2D eigenvalue weighted by Gasteiger charge is -2.14. The number of guanidine groups is 1. The van der Waals surface area contributed by atoms with Crippen LogP contribution in [0.15, 0.2) is 65.7 Å². The molecule has 38 heavy (non-hydrogen) atoms. The van der Waals surface area contributed by atoms with Gasteiger partial charge in [-0.15, -0.1) is 0 Å². The van der Waals surface area contributed by atoms with Gasteiger partial charge in [0.25, 0.3) is 0 Å². The smallest absolute Gasteiger partial charge is 0.437 e. The molecule has 0 unspecified atom stereocenters. The number of aromatic nitrogens is 2. The van der Waals surface area contributed by atoms with Crippen LogP contribution in [0.25, 0.3) is 22.2 Å². The summed E-state index contributed by atoms with van der Waals surface area (Å²) in [5.41, 5.74) is 6.49. The molecule has 1 N–H and O–H groups in total. The van der Waals surface area contributed by atoms with Gasteiger partial charge < -0.3 is 18.9 Å². The molecule has 0 saturated carbocycles. The number of carbonyl (C=O) groups is 1. The minimum Gasteiger partial charge on any atom is -0.437 e. The number of imidazole rings is 1. The molecule has 9 nitrogen and oxygen atoms in total. The lowest BCUT2D eigenvalue weighted by Crippen LogP contribution is -2.32. The summed E-state index contributed by atoms with van der Waals surface area (Å²) in [7, 11) is 4.94. The van der Waals surface area contributed by atoms with Crippen molar-refractivity contribution in [3.8, 4) is 23.1 Å². The van der Waals surface area contributed by atoms with Crippen molar-refractivity contribution in [1.29, 1.82) is 5.26 Å². The van der Waals surface area contributed by atoms with Crippen LogP contribution < -0.4 is 10.1 Å². The number of hydrogen-bond acceptors (Lipinski definition) is 6. The van der Waals surface area contributed by atoms with Gasteiger partial charge in [0, 0.05) is 32.6 Å². The fourth-order valence-corrected chi connectivity index (χ4v) is 4.24. The number of hydrogen-bond donors (Lipinski definition) is 1. The lowest BCUT2D eigenvalue weighted by molar-refractivity contribution is 0.121. The van der Waals surface area contributed by atoms with Gasteiger partial charge in [-0.2, -0.15) is 5.26 Å². The molecular weight excluding hydrogens is 480 g/mol. The molecule has 0 fully saturated rings. The second-order valence-electron chi connectivity index (χ2n) is 8.91. The molecule has 194 valence electrons. The van der Waals surface area contributed by atoms with Crippen LogP contribution in [0.3, 0.4) is 0 Å². The Morgan fingerprint density at radius 3 is 2.55 bits per heavy atom. The van der Waals surface area contributed by atoms with Crippen LogP contribution in [0.1, 0.15) is 23.9 Å². The Kier molecular flexibility index (Phi) is 7.92. The van der Waals surface area contributed by atoms with E-state index in [1.165, 1.54) is 7.11 Å². The summed E-state index contributed by atoms with van der Waals surface area (Å²) in [6, 6.07) is 19.5. The molecule has 1 aromatic heterocycles. The van der Waals surface area contributed by atoms with Gasteiger partial charge in [0.2, 0.25) is 5.96 Å². The van der Waals surface area contributed by atoms with E-state index in [2.05, 4.69) is 38.7 Å². The van der Waals surface area contributed by atoms with Gasteiger partial charge in [0.1, 0.15) is 11.6 Å². The highest BCUT2D eigenvalue weighted by atomic mass is 16.7. The quantitative estimate of drug-likeness (QED) is 0.0926. The van der Waals surface area contributed by atoms with E-state index in [4.69, 9.17) is 15.0 Å². The number of nitrogens with zero attached hydrogens (tertiary/aromatic N) is 5. The van der Waals surface area contributed by atoms with Crippen LogP contribution in [0.4, 0.5) is 10.5 Å². The maximum absolute atomic E-state index is 11.7. The normalized spacial score (nSPS) is 11.2. The molecule has 3 aromatic carbocycles. The number of para-hydroxylation sites is 1. The van der Waals surface area contributed by atoms with Gasteiger partial charge in [0.15, 0.2) is 6.19 Å². The van der Waals surface area contributed by atoms with Crippen molar-refractivity contribution in [2.45, 2.75) is 26.8 Å². The van der Waals surface area contributed by atoms with Crippen molar-refractivity contribution in [2.24, 2.45) is 4.99 Å². The molecule has 0 bridgehead atoms. The largest absolute Gasteiger partial charge is 0.513 e. The number of aryl methyl sites for hydroxylation is 2. The van der Waals surface area contributed by atoms with E-state index in [0.717, 1.165) is 51.2 Å². The summed E-state index contributed by atoms with van der Waals surface area (Å²) < 4.78 is 12.2. The monoisotopic (exact) mass is 510 g/mol. The van der Waals surface area contributed by atoms with Crippen molar-refractivity contribution in [3.05, 3.63) is 77.6 Å². The van der Waals surface area contributed by atoms with E-state index in [-0.39, 0.29) is 0 Å². The minimum absolute atomic E-state index is 0.438. The number of fused-ring (bicyclic) bond motifs is 1. The topological polar surface area (TPSA) is 105 Å². The summed E-state index contributed by atoms with van der Waals surface area (Å²) in [6.45, 7) is 4.74. The maximum atomic E-state index is 11.7. The van der Waals surface area contributed by atoms with E-state index < -0.39 is 6.16 Å². The number of rotatable bonds is 6. The van der Waals surface area contributed by atoms with Crippen molar-refractivity contribution in [3.63, 3.8) is 0 Å². The average Bonchev–Trinajstić information content (AvgIpc) is 3.27. The molecular formula is C29H30N6O3. The molecule has 9 heteroatoms. The number of ether oxygens (including phenoxy) is 2. The Hall–Kier alpha value is -4.84. The zero-order valence-corrected chi connectivity index (χ0v) is 22.1. The maximum Gasteiger partial charge on any atom is 0.513 e. The molecule has 1 heterocycles. The summed E-state index contributed by atoms with van der Waals surface area (Å²) in [4.78, 5) is 23.0. The number of nitriles is 1. The summed E-state index contributed by atoms with van der Waals surface area (Å²) >= 11 is 0. The molecule has 0 spiro atoms. The van der Waals surface area contributed by atoms with Crippen LogP contribution in [0.5, 0.6) is 5.75 Å². The summed E-state index contributed by atoms with van der Waals surface area (Å²) in [5.74, 6) is 1.88. The molecule has 0 radical (unpaired) electrons. The highest BCUT2D eigenvalue weighted by Crippen LogP contribution is 2.31. The second kappa shape index (κ2) is 11.5. The standard InChI is InChI=1S/C29H30N6O3/c1-6-26-33-27-19(2)15-22(32-28(31-18-30)34(3)4)16-24(27)35(26)17-20-11-13-21(14-12-20)23-9-7-8-10-25(23)38-29(36)37-5/h7-16H,6,17H2,1-5H3,(H,31,32). The zero-order valence-electron chi connectivity index (χ0n) is 22.1. The average molecular weight is 511 g/mol. The van der Waals surface area contributed by atoms with E-state index >= 15 is 0 Å². The first-order chi connectivity index (χ1) is 18.3. The van der Waals surface area contributed by atoms with Crippen LogP contribution >= 0.6 is 0 Å². The number of methoxy groups -OCH3 is 1. The Balaban J connectivity index is 1.69. The highest BCUT2D eigenvalue weighted by Gasteiger charge is 2.15. The first-order valence-electron chi connectivity index (χ1n) is 12.2. The van der Waals surface area contributed by atoms with Crippen molar-refractivity contribution in [2.75, 3.05) is 21.2 Å². The molecule has 0 aliphatic rings. The van der Waals surface area contributed by atoms with Gasteiger partial charge in [0.05, 0.1) is 23.8 Å². The minimum atomic E-state index is -0.756. The number of nitrogens with one attached hydrogen (secondary N) is 1. The molecule has 0 amide bonds. The third-order valence-corrected chi connectivity index (χ3v) is 6.10. The molecule has 0 aliphatic heterocycles. The van der Waals surface area contributed by atoms with E-state index in [1.807, 2.05) is 69.7 Å². The Morgan fingerprint density at radius 1 is 1.16 bits per heavy atom. The summed E-state index contributed by atoms with van der Waals surface area (Å²) in [5, 5.41) is 11.7. The number of carbonyl (C=O) groups excluding carboxylic acids is 1. The number of aliphatic imine (C=N–C) groups is 1. The number of benzene rings is 3. The molecule has 0 atom stereocenters.